The first-order valence-corrected chi connectivity index (χ1v) is 11.1. The summed E-state index contributed by atoms with van der Waals surface area (Å²) in [6.45, 7) is 2.90. The van der Waals surface area contributed by atoms with Gasteiger partial charge in [0.15, 0.2) is 0 Å². The molecule has 0 saturated heterocycles. The molecule has 3 aromatic carbocycles. The molecule has 0 spiro atoms. The number of sulfonamides is 1. The summed E-state index contributed by atoms with van der Waals surface area (Å²) in [5, 5.41) is 3.78. The highest BCUT2D eigenvalue weighted by Crippen LogP contribution is 2.22. The Morgan fingerprint density at radius 3 is 2.58 bits per heavy atom. The summed E-state index contributed by atoms with van der Waals surface area (Å²) in [6.07, 6.45) is 1.98. The second-order valence-electron chi connectivity index (χ2n) is 6.94. The van der Waals surface area contributed by atoms with Crippen LogP contribution in [0.15, 0.2) is 83.9 Å². The van der Waals surface area contributed by atoms with Crippen LogP contribution in [0.5, 0.6) is 0 Å². The molecule has 6 nitrogen and oxygen atoms in total. The van der Waals surface area contributed by atoms with Gasteiger partial charge in [-0.2, -0.15) is 0 Å². The Labute approximate surface area is 179 Å². The van der Waals surface area contributed by atoms with E-state index in [4.69, 9.17) is 0 Å². The molecule has 1 aromatic heterocycles. The maximum atomic E-state index is 13.8. The van der Waals surface area contributed by atoms with E-state index in [-0.39, 0.29) is 16.1 Å². The summed E-state index contributed by atoms with van der Waals surface area (Å²) < 4.78 is 43.4. The summed E-state index contributed by atoms with van der Waals surface area (Å²) in [5.74, 6) is -1.13. The molecule has 0 aliphatic heterocycles. The number of halogens is 1. The van der Waals surface area contributed by atoms with Crippen molar-refractivity contribution in [1.82, 2.24) is 4.57 Å². The number of carbonyl (C=O) groups excluding carboxylic acids is 1. The second-order valence-corrected chi connectivity index (χ2v) is 8.63. The van der Waals surface area contributed by atoms with Crippen molar-refractivity contribution in [1.29, 1.82) is 0 Å². The number of benzene rings is 3. The number of carbonyl (C=O) groups is 1. The van der Waals surface area contributed by atoms with Crippen molar-refractivity contribution in [3.63, 3.8) is 0 Å². The van der Waals surface area contributed by atoms with Crippen LogP contribution >= 0.6 is 0 Å². The van der Waals surface area contributed by atoms with Gasteiger partial charge in [-0.15, -0.1) is 0 Å². The van der Waals surface area contributed by atoms with Gasteiger partial charge < -0.3 is 9.88 Å². The summed E-state index contributed by atoms with van der Waals surface area (Å²) in [7, 11) is -4.07. The first-order valence-electron chi connectivity index (χ1n) is 9.65. The number of hydrogen-bond donors (Lipinski definition) is 2. The van der Waals surface area contributed by atoms with E-state index in [1.807, 2.05) is 24.4 Å². The quantitative estimate of drug-likeness (QED) is 0.452. The summed E-state index contributed by atoms with van der Waals surface area (Å²) in [6, 6.07) is 18.6. The van der Waals surface area contributed by atoms with Crippen molar-refractivity contribution in [3.8, 4) is 0 Å². The molecule has 4 rings (SSSR count). The van der Waals surface area contributed by atoms with E-state index in [0.717, 1.165) is 23.5 Å². The molecule has 0 saturated carbocycles. The lowest BCUT2D eigenvalue weighted by Gasteiger charge is -2.11. The molecular formula is C23H20FN3O3S. The molecule has 8 heteroatoms. The van der Waals surface area contributed by atoms with E-state index in [1.165, 1.54) is 42.5 Å². The third-order valence-electron chi connectivity index (χ3n) is 4.89. The molecule has 0 bridgehead atoms. The van der Waals surface area contributed by atoms with Gasteiger partial charge in [0.1, 0.15) is 5.82 Å². The summed E-state index contributed by atoms with van der Waals surface area (Å²) in [5.41, 5.74) is 1.67. The average molecular weight is 437 g/mol. The van der Waals surface area contributed by atoms with Crippen LogP contribution < -0.4 is 10.0 Å². The van der Waals surface area contributed by atoms with Gasteiger partial charge in [-0.05, 0) is 61.5 Å². The van der Waals surface area contributed by atoms with Crippen LogP contribution in [0, 0.1) is 5.82 Å². The van der Waals surface area contributed by atoms with Crippen molar-refractivity contribution in [2.24, 2.45) is 0 Å². The van der Waals surface area contributed by atoms with E-state index in [2.05, 4.69) is 21.5 Å². The normalized spacial score (nSPS) is 11.4. The number of para-hydroxylation sites is 1. The maximum Gasteiger partial charge on any atom is 0.262 e. The lowest BCUT2D eigenvalue weighted by Crippen LogP contribution is -2.16. The van der Waals surface area contributed by atoms with Gasteiger partial charge >= 0.3 is 0 Å². The zero-order valence-electron chi connectivity index (χ0n) is 16.7. The number of rotatable bonds is 6. The number of fused-ring (bicyclic) bond motifs is 1. The molecule has 0 atom stereocenters. The lowest BCUT2D eigenvalue weighted by atomic mass is 10.2. The van der Waals surface area contributed by atoms with Crippen molar-refractivity contribution in [2.45, 2.75) is 18.4 Å². The number of hydrogen-bond acceptors (Lipinski definition) is 3. The Balaban J connectivity index is 1.56. The molecule has 158 valence electrons. The molecule has 0 unspecified atom stereocenters. The van der Waals surface area contributed by atoms with Gasteiger partial charge in [0, 0.05) is 34.9 Å². The Bertz CT molecular complexity index is 1380. The number of anilines is 2. The van der Waals surface area contributed by atoms with Gasteiger partial charge in [0.05, 0.1) is 10.6 Å². The molecule has 2 N–H and O–H groups in total. The largest absolute Gasteiger partial charge is 0.348 e. The van der Waals surface area contributed by atoms with Gasteiger partial charge in [-0.1, -0.05) is 18.2 Å². The number of aryl methyl sites for hydroxylation is 1. The third-order valence-corrected chi connectivity index (χ3v) is 6.26. The zero-order valence-corrected chi connectivity index (χ0v) is 17.5. The molecule has 0 fully saturated rings. The second kappa shape index (κ2) is 8.23. The van der Waals surface area contributed by atoms with Crippen LogP contribution in [0.4, 0.5) is 15.8 Å². The van der Waals surface area contributed by atoms with Crippen LogP contribution in [0.3, 0.4) is 0 Å². The average Bonchev–Trinajstić information content (AvgIpc) is 3.17. The first kappa shape index (κ1) is 20.6. The topological polar surface area (TPSA) is 80.2 Å². The SMILES string of the molecule is CCn1ccc2cc(NC(=O)c3cccc(S(=O)(=O)Nc4ccccc4F)c3)ccc21. The maximum absolute atomic E-state index is 13.8. The predicted molar refractivity (Wildman–Crippen MR) is 119 cm³/mol. The fourth-order valence-corrected chi connectivity index (χ4v) is 4.42. The van der Waals surface area contributed by atoms with Crippen molar-refractivity contribution >= 4 is 38.2 Å². The highest BCUT2D eigenvalue weighted by Gasteiger charge is 2.18. The standard InChI is InChI=1S/C23H20FN3O3S/c1-2-27-13-12-16-14-18(10-11-22(16)27)25-23(28)17-6-5-7-19(15-17)31(29,30)26-21-9-4-3-8-20(21)24/h3-15,26H,2H2,1H3,(H,25,28). The van der Waals surface area contributed by atoms with E-state index in [0.29, 0.717) is 5.69 Å². The summed E-state index contributed by atoms with van der Waals surface area (Å²) in [4.78, 5) is 12.6. The molecule has 1 amide bonds. The van der Waals surface area contributed by atoms with Crippen LogP contribution in [-0.2, 0) is 16.6 Å². The van der Waals surface area contributed by atoms with E-state index in [1.54, 1.807) is 6.07 Å². The van der Waals surface area contributed by atoms with Gasteiger partial charge in [0.25, 0.3) is 15.9 Å². The highest BCUT2D eigenvalue weighted by molar-refractivity contribution is 7.92. The number of nitrogens with zero attached hydrogens (tertiary/aromatic N) is 1. The third kappa shape index (κ3) is 4.29. The van der Waals surface area contributed by atoms with Gasteiger partial charge in [-0.25, -0.2) is 12.8 Å². The molecular weight excluding hydrogens is 417 g/mol. The number of aromatic nitrogens is 1. The van der Waals surface area contributed by atoms with Crippen LogP contribution in [-0.4, -0.2) is 18.9 Å². The van der Waals surface area contributed by atoms with E-state index >= 15 is 0 Å². The molecule has 31 heavy (non-hydrogen) atoms. The Morgan fingerprint density at radius 1 is 1.00 bits per heavy atom. The minimum Gasteiger partial charge on any atom is -0.348 e. The van der Waals surface area contributed by atoms with Crippen molar-refractivity contribution in [2.75, 3.05) is 10.0 Å². The number of nitrogens with one attached hydrogen (secondary N) is 2. The fourth-order valence-electron chi connectivity index (χ4n) is 3.31. The van der Waals surface area contributed by atoms with Crippen molar-refractivity contribution < 1.29 is 17.6 Å². The zero-order chi connectivity index (χ0) is 22.0. The fraction of sp³-hybridized carbons (Fsp3) is 0.0870. The number of amides is 1. The van der Waals surface area contributed by atoms with Gasteiger partial charge in [0.2, 0.25) is 0 Å². The predicted octanol–water partition coefficient (Wildman–Crippen LogP) is 4.85. The van der Waals surface area contributed by atoms with E-state index in [9.17, 15) is 17.6 Å². The molecule has 0 radical (unpaired) electrons. The molecule has 0 aliphatic carbocycles. The molecule has 1 heterocycles. The lowest BCUT2D eigenvalue weighted by molar-refractivity contribution is 0.102. The summed E-state index contributed by atoms with van der Waals surface area (Å²) >= 11 is 0. The Hall–Kier alpha value is -3.65. The van der Waals surface area contributed by atoms with Crippen LogP contribution in [0.2, 0.25) is 0 Å². The minimum absolute atomic E-state index is 0.140. The Kier molecular flexibility index (Phi) is 5.48. The highest BCUT2D eigenvalue weighted by atomic mass is 32.2. The molecule has 0 aliphatic rings. The minimum atomic E-state index is -4.07. The van der Waals surface area contributed by atoms with Crippen LogP contribution in [0.25, 0.3) is 10.9 Å². The van der Waals surface area contributed by atoms with Crippen LogP contribution in [0.1, 0.15) is 17.3 Å². The van der Waals surface area contributed by atoms with Crippen molar-refractivity contribution in [3.05, 3.63) is 90.4 Å². The molecule has 4 aromatic rings. The monoisotopic (exact) mass is 437 g/mol. The smallest absolute Gasteiger partial charge is 0.262 e. The first-order chi connectivity index (χ1) is 14.9. The van der Waals surface area contributed by atoms with E-state index < -0.39 is 21.7 Å². The Morgan fingerprint density at radius 2 is 1.81 bits per heavy atom. The van der Waals surface area contributed by atoms with Gasteiger partial charge in [-0.3, -0.25) is 9.52 Å².